The van der Waals surface area contributed by atoms with Gasteiger partial charge in [-0.1, -0.05) is 49.6 Å². The predicted molar refractivity (Wildman–Crippen MR) is 122 cm³/mol. The van der Waals surface area contributed by atoms with E-state index < -0.39 is 23.3 Å². The van der Waals surface area contributed by atoms with Crippen molar-refractivity contribution in [3.63, 3.8) is 0 Å². The number of hydrogen-bond donors (Lipinski definition) is 1. The molecule has 1 atom stereocenters. The summed E-state index contributed by atoms with van der Waals surface area (Å²) in [5, 5.41) is 2.69. The molecular weight excluding hydrogens is 408 g/mol. The molecule has 2 rings (SSSR count). The zero-order valence-electron chi connectivity index (χ0n) is 19.5. The summed E-state index contributed by atoms with van der Waals surface area (Å²) in [6.07, 6.45) is 5.43. The highest BCUT2D eigenvalue weighted by Crippen LogP contribution is 2.22. The fourth-order valence-electron chi connectivity index (χ4n) is 3.74. The van der Waals surface area contributed by atoms with Crippen LogP contribution in [0.15, 0.2) is 30.3 Å². The number of benzene rings is 1. The number of nitrogens with one attached hydrogen (secondary N) is 1. The zero-order valence-corrected chi connectivity index (χ0v) is 19.5. The van der Waals surface area contributed by atoms with Gasteiger partial charge in [0.25, 0.3) is 5.91 Å². The van der Waals surface area contributed by atoms with Crippen molar-refractivity contribution in [2.45, 2.75) is 90.3 Å². The Bertz CT molecular complexity index is 785. The van der Waals surface area contributed by atoms with Gasteiger partial charge >= 0.3 is 5.97 Å². The molecule has 1 aromatic carbocycles. The van der Waals surface area contributed by atoms with E-state index in [1.807, 2.05) is 51.1 Å². The van der Waals surface area contributed by atoms with E-state index in [1.54, 1.807) is 0 Å². The van der Waals surface area contributed by atoms with Crippen LogP contribution in [0.1, 0.15) is 77.7 Å². The van der Waals surface area contributed by atoms with Gasteiger partial charge in [0.2, 0.25) is 11.7 Å². The second-order valence-corrected chi connectivity index (χ2v) is 9.29. The molecule has 0 radical (unpaired) electrons. The Balaban J connectivity index is 1.63. The van der Waals surface area contributed by atoms with Crippen LogP contribution in [0.25, 0.3) is 0 Å². The molecule has 32 heavy (non-hydrogen) atoms. The van der Waals surface area contributed by atoms with E-state index in [4.69, 9.17) is 4.74 Å². The van der Waals surface area contributed by atoms with E-state index in [2.05, 4.69) is 5.32 Å². The number of amides is 2. The molecule has 1 fully saturated rings. The lowest BCUT2D eigenvalue weighted by molar-refractivity contribution is -0.155. The van der Waals surface area contributed by atoms with Gasteiger partial charge in [-0.3, -0.25) is 19.2 Å². The molecule has 0 saturated carbocycles. The summed E-state index contributed by atoms with van der Waals surface area (Å²) in [5.41, 5.74) is 0.490. The predicted octanol–water partition coefficient (Wildman–Crippen LogP) is 3.55. The molecule has 0 aliphatic carbocycles. The topological polar surface area (TPSA) is 92.8 Å². The van der Waals surface area contributed by atoms with Gasteiger partial charge in [0.05, 0.1) is 0 Å². The number of carbonyl (C=O) groups excluding carboxylic acids is 4. The van der Waals surface area contributed by atoms with Gasteiger partial charge in [-0.2, -0.15) is 0 Å². The summed E-state index contributed by atoms with van der Waals surface area (Å²) in [5.74, 6) is -1.42. The maximum Gasteiger partial charge on any atom is 0.306 e. The van der Waals surface area contributed by atoms with Crippen molar-refractivity contribution >= 4 is 23.6 Å². The monoisotopic (exact) mass is 444 g/mol. The van der Waals surface area contributed by atoms with Crippen molar-refractivity contribution in [2.24, 2.45) is 0 Å². The van der Waals surface area contributed by atoms with E-state index >= 15 is 0 Å². The van der Waals surface area contributed by atoms with E-state index in [0.29, 0.717) is 32.4 Å². The second-order valence-electron chi connectivity index (χ2n) is 9.29. The van der Waals surface area contributed by atoms with Gasteiger partial charge < -0.3 is 15.0 Å². The van der Waals surface area contributed by atoms with Crippen LogP contribution in [0.2, 0.25) is 0 Å². The minimum absolute atomic E-state index is 0.0913. The van der Waals surface area contributed by atoms with Gasteiger partial charge in [0, 0.05) is 25.9 Å². The molecule has 0 spiro atoms. The maximum atomic E-state index is 12.6. The van der Waals surface area contributed by atoms with Crippen molar-refractivity contribution in [3.8, 4) is 0 Å². The lowest BCUT2D eigenvalue weighted by atomic mass is 10.1. The van der Waals surface area contributed by atoms with Gasteiger partial charge in [0.15, 0.2) is 0 Å². The first-order valence-electron chi connectivity index (χ1n) is 11.5. The van der Waals surface area contributed by atoms with Gasteiger partial charge in [0.1, 0.15) is 11.6 Å². The first-order valence-corrected chi connectivity index (χ1v) is 11.5. The lowest BCUT2D eigenvalue weighted by Gasteiger charge is -2.23. The number of carbonyl (C=O) groups is 4. The molecule has 1 aromatic rings. The second kappa shape index (κ2) is 12.4. The van der Waals surface area contributed by atoms with Crippen LogP contribution in [0, 0.1) is 0 Å². The Morgan fingerprint density at radius 3 is 2.38 bits per heavy atom. The number of unbranched alkanes of at least 4 members (excludes halogenated alkanes) is 4. The Hall–Kier alpha value is -2.70. The Labute approximate surface area is 190 Å². The molecule has 1 saturated heterocycles. The summed E-state index contributed by atoms with van der Waals surface area (Å²) < 4.78 is 5.28. The Morgan fingerprint density at radius 2 is 1.69 bits per heavy atom. The number of ketones is 1. The van der Waals surface area contributed by atoms with Crippen LogP contribution in [-0.4, -0.2) is 46.7 Å². The Kier molecular flexibility index (Phi) is 9.88. The fraction of sp³-hybridized carbons (Fsp3) is 0.600. The largest absolute Gasteiger partial charge is 0.460 e. The molecule has 2 amide bonds. The third kappa shape index (κ3) is 8.81. The molecule has 1 heterocycles. The average molecular weight is 445 g/mol. The molecule has 7 nitrogen and oxygen atoms in total. The molecule has 0 bridgehead atoms. The minimum Gasteiger partial charge on any atom is -0.460 e. The molecule has 1 unspecified atom stereocenters. The lowest BCUT2D eigenvalue weighted by Crippen LogP contribution is -2.45. The first kappa shape index (κ1) is 25.6. The molecule has 176 valence electrons. The summed E-state index contributed by atoms with van der Waals surface area (Å²) >= 11 is 0. The molecule has 0 aromatic heterocycles. The highest BCUT2D eigenvalue weighted by molar-refractivity contribution is 6.38. The van der Waals surface area contributed by atoms with Crippen LogP contribution in [0.3, 0.4) is 0 Å². The van der Waals surface area contributed by atoms with Crippen LogP contribution < -0.4 is 5.32 Å². The normalized spacial score (nSPS) is 16.2. The maximum absolute atomic E-state index is 12.6. The third-order valence-corrected chi connectivity index (χ3v) is 5.31. The highest BCUT2D eigenvalue weighted by Gasteiger charge is 2.38. The quantitative estimate of drug-likeness (QED) is 0.302. The van der Waals surface area contributed by atoms with E-state index in [0.717, 1.165) is 37.7 Å². The highest BCUT2D eigenvalue weighted by atomic mass is 16.6. The van der Waals surface area contributed by atoms with Gasteiger partial charge in [-0.25, -0.2) is 0 Å². The number of likely N-dealkylation sites (tertiary alicyclic amines) is 1. The van der Waals surface area contributed by atoms with Crippen molar-refractivity contribution in [1.82, 2.24) is 10.2 Å². The number of ether oxygens (including phenoxy) is 1. The van der Waals surface area contributed by atoms with Gasteiger partial charge in [-0.15, -0.1) is 0 Å². The smallest absolute Gasteiger partial charge is 0.306 e. The molecule has 1 aliphatic rings. The van der Waals surface area contributed by atoms with Crippen molar-refractivity contribution in [1.29, 1.82) is 0 Å². The number of rotatable bonds is 12. The van der Waals surface area contributed by atoms with E-state index in [-0.39, 0.29) is 11.9 Å². The van der Waals surface area contributed by atoms with E-state index in [1.165, 1.54) is 4.90 Å². The average Bonchev–Trinajstić information content (AvgIpc) is 3.09. The molecular formula is C25H36N2O5. The van der Waals surface area contributed by atoms with Crippen molar-refractivity contribution < 1.29 is 23.9 Å². The van der Waals surface area contributed by atoms with Gasteiger partial charge in [-0.05, 0) is 45.6 Å². The van der Waals surface area contributed by atoms with E-state index in [9.17, 15) is 19.2 Å². The molecule has 7 heteroatoms. The zero-order chi connectivity index (χ0) is 23.6. The summed E-state index contributed by atoms with van der Waals surface area (Å²) in [6.45, 7) is 6.34. The van der Waals surface area contributed by atoms with Crippen molar-refractivity contribution in [3.05, 3.63) is 35.9 Å². The Morgan fingerprint density at radius 1 is 1.03 bits per heavy atom. The summed E-state index contributed by atoms with van der Waals surface area (Å²) in [6, 6.07) is 8.79. The standard InChI is InChI=1S/C25H36N2O5/c1-25(2,3)32-22(29)14-10-5-4-6-11-17-26-24(31)23(30)20-15-16-21(28)27(20)18-19-12-8-7-9-13-19/h7-9,12-13,20H,4-6,10-11,14-18H2,1-3H3,(H,26,31). The first-order chi connectivity index (χ1) is 15.2. The number of Topliss-reactive ketones (excluding diaryl/α,β-unsaturated/α-hetero) is 1. The van der Waals surface area contributed by atoms with Crippen LogP contribution >= 0.6 is 0 Å². The van der Waals surface area contributed by atoms with Crippen LogP contribution in [0.5, 0.6) is 0 Å². The van der Waals surface area contributed by atoms with Crippen LogP contribution in [0.4, 0.5) is 0 Å². The number of esters is 1. The molecule has 1 aliphatic heterocycles. The van der Waals surface area contributed by atoms with Crippen LogP contribution in [-0.2, 0) is 30.5 Å². The number of hydrogen-bond acceptors (Lipinski definition) is 5. The summed E-state index contributed by atoms with van der Waals surface area (Å²) in [7, 11) is 0. The fourth-order valence-corrected chi connectivity index (χ4v) is 3.74. The summed E-state index contributed by atoms with van der Waals surface area (Å²) in [4.78, 5) is 50.3. The van der Waals surface area contributed by atoms with Crippen molar-refractivity contribution in [2.75, 3.05) is 6.54 Å². The molecule has 1 N–H and O–H groups in total. The third-order valence-electron chi connectivity index (χ3n) is 5.31. The SMILES string of the molecule is CC(C)(C)OC(=O)CCCCCCCNC(=O)C(=O)C1CCC(=O)N1Cc1ccccc1. The minimum atomic E-state index is -0.685. The number of nitrogens with zero attached hydrogens (tertiary/aromatic N) is 1.